The Kier molecular flexibility index (Phi) is 5.25. The molecule has 1 aliphatic rings. The Hall–Kier alpha value is -2.11. The topological polar surface area (TPSA) is 64.3 Å². The molecule has 0 fully saturated rings. The molecular weight excluding hydrogens is 356 g/mol. The summed E-state index contributed by atoms with van der Waals surface area (Å²) in [6.45, 7) is 2.50. The summed E-state index contributed by atoms with van der Waals surface area (Å²) in [6, 6.07) is 15.6. The van der Waals surface area contributed by atoms with Gasteiger partial charge in [0.2, 0.25) is 0 Å². The molecule has 0 radical (unpaired) electrons. The van der Waals surface area contributed by atoms with E-state index in [-0.39, 0.29) is 4.87 Å². The van der Waals surface area contributed by atoms with E-state index in [2.05, 4.69) is 5.32 Å². The zero-order chi connectivity index (χ0) is 17.9. The van der Waals surface area contributed by atoms with Crippen molar-refractivity contribution in [3.05, 3.63) is 75.8 Å². The maximum atomic E-state index is 11.4. The Morgan fingerprint density at radius 1 is 1.28 bits per heavy atom. The standard InChI is InChI=1S/C19H19ClN2O2S/c1-19(22-16(12-25-19)18(21)23)10-14-9-15(20)7-8-17(14)24-11-13-5-3-2-4-6-13/h2-9,12,22H,10-11H2,1H3,(H2,21,23). The highest BCUT2D eigenvalue weighted by molar-refractivity contribution is 8.03. The number of hydrogen-bond acceptors (Lipinski definition) is 4. The molecule has 0 bridgehead atoms. The molecule has 1 amide bonds. The van der Waals surface area contributed by atoms with E-state index in [0.717, 1.165) is 16.9 Å². The largest absolute Gasteiger partial charge is 0.489 e. The summed E-state index contributed by atoms with van der Waals surface area (Å²) < 4.78 is 6.00. The number of thioether (sulfide) groups is 1. The van der Waals surface area contributed by atoms with Crippen LogP contribution in [0.5, 0.6) is 5.75 Å². The molecule has 1 atom stereocenters. The molecule has 0 aromatic heterocycles. The second kappa shape index (κ2) is 7.42. The van der Waals surface area contributed by atoms with Crippen LogP contribution in [-0.2, 0) is 17.8 Å². The number of amides is 1. The number of benzene rings is 2. The van der Waals surface area contributed by atoms with Gasteiger partial charge >= 0.3 is 0 Å². The highest BCUT2D eigenvalue weighted by Gasteiger charge is 2.33. The number of halogens is 1. The Balaban J connectivity index is 1.75. The molecule has 130 valence electrons. The number of ether oxygens (including phenoxy) is 1. The van der Waals surface area contributed by atoms with Crippen LogP contribution in [0.15, 0.2) is 59.6 Å². The summed E-state index contributed by atoms with van der Waals surface area (Å²) in [5.41, 5.74) is 7.86. The normalized spacial score (nSPS) is 19.2. The quantitative estimate of drug-likeness (QED) is 0.806. The fourth-order valence-electron chi connectivity index (χ4n) is 2.66. The lowest BCUT2D eigenvalue weighted by molar-refractivity contribution is -0.115. The van der Waals surface area contributed by atoms with Crippen molar-refractivity contribution in [2.45, 2.75) is 24.8 Å². The molecule has 0 aliphatic carbocycles. The van der Waals surface area contributed by atoms with Gasteiger partial charge in [0.15, 0.2) is 0 Å². The number of nitrogens with two attached hydrogens (primary N) is 1. The lowest BCUT2D eigenvalue weighted by atomic mass is 10.0. The Bertz CT molecular complexity index is 810. The number of carbonyl (C=O) groups is 1. The minimum atomic E-state index is -0.456. The van der Waals surface area contributed by atoms with Crippen LogP contribution >= 0.6 is 23.4 Å². The fraction of sp³-hybridized carbons (Fsp3) is 0.211. The van der Waals surface area contributed by atoms with E-state index in [1.54, 1.807) is 5.41 Å². The maximum absolute atomic E-state index is 11.4. The van der Waals surface area contributed by atoms with Crippen LogP contribution < -0.4 is 15.8 Å². The smallest absolute Gasteiger partial charge is 0.265 e. The third kappa shape index (κ3) is 4.50. The summed E-state index contributed by atoms with van der Waals surface area (Å²) in [5.74, 6) is 0.326. The van der Waals surface area contributed by atoms with Gasteiger partial charge in [0.25, 0.3) is 5.91 Å². The first-order valence-corrected chi connectivity index (χ1v) is 9.12. The molecule has 1 heterocycles. The van der Waals surface area contributed by atoms with Gasteiger partial charge in [-0.2, -0.15) is 0 Å². The van der Waals surface area contributed by atoms with E-state index in [1.807, 2.05) is 55.5 Å². The average Bonchev–Trinajstić information content (AvgIpc) is 2.97. The molecule has 6 heteroatoms. The summed E-state index contributed by atoms with van der Waals surface area (Å²) in [7, 11) is 0. The molecule has 0 saturated carbocycles. The minimum Gasteiger partial charge on any atom is -0.489 e. The average molecular weight is 375 g/mol. The van der Waals surface area contributed by atoms with E-state index < -0.39 is 5.91 Å². The van der Waals surface area contributed by atoms with Gasteiger partial charge in [-0.25, -0.2) is 0 Å². The second-order valence-corrected chi connectivity index (χ2v) is 7.88. The van der Waals surface area contributed by atoms with E-state index in [4.69, 9.17) is 22.1 Å². The summed E-state index contributed by atoms with van der Waals surface area (Å²) >= 11 is 7.71. The van der Waals surface area contributed by atoms with Crippen molar-refractivity contribution in [2.24, 2.45) is 5.73 Å². The van der Waals surface area contributed by atoms with E-state index >= 15 is 0 Å². The van der Waals surface area contributed by atoms with Gasteiger partial charge < -0.3 is 15.8 Å². The molecular formula is C19H19ClN2O2S. The van der Waals surface area contributed by atoms with Gasteiger partial charge in [-0.1, -0.05) is 41.9 Å². The molecule has 25 heavy (non-hydrogen) atoms. The van der Waals surface area contributed by atoms with Crippen LogP contribution in [-0.4, -0.2) is 10.8 Å². The van der Waals surface area contributed by atoms with Gasteiger partial charge in [-0.05, 0) is 36.2 Å². The molecule has 1 aliphatic heterocycles. The number of rotatable bonds is 6. The number of hydrogen-bond donors (Lipinski definition) is 2. The third-order valence-corrected chi connectivity index (χ3v) is 5.24. The van der Waals surface area contributed by atoms with E-state index in [9.17, 15) is 4.79 Å². The van der Waals surface area contributed by atoms with Crippen molar-refractivity contribution in [3.63, 3.8) is 0 Å². The molecule has 0 saturated heterocycles. The van der Waals surface area contributed by atoms with Crippen molar-refractivity contribution in [1.29, 1.82) is 0 Å². The summed E-state index contributed by atoms with van der Waals surface area (Å²) in [6.07, 6.45) is 0.635. The lowest BCUT2D eigenvalue weighted by Crippen LogP contribution is -2.39. The summed E-state index contributed by atoms with van der Waals surface area (Å²) in [5, 5.41) is 5.60. The van der Waals surface area contributed by atoms with Gasteiger partial charge in [-0.3, -0.25) is 4.79 Å². The number of primary amides is 1. The zero-order valence-corrected chi connectivity index (χ0v) is 15.4. The van der Waals surface area contributed by atoms with Crippen molar-refractivity contribution in [2.75, 3.05) is 0 Å². The van der Waals surface area contributed by atoms with Crippen molar-refractivity contribution in [1.82, 2.24) is 5.32 Å². The first-order valence-electron chi connectivity index (χ1n) is 7.86. The highest BCUT2D eigenvalue weighted by Crippen LogP contribution is 2.37. The van der Waals surface area contributed by atoms with Gasteiger partial charge in [0, 0.05) is 16.9 Å². The van der Waals surface area contributed by atoms with Gasteiger partial charge in [-0.15, -0.1) is 11.8 Å². The number of nitrogens with one attached hydrogen (secondary N) is 1. The predicted molar refractivity (Wildman–Crippen MR) is 102 cm³/mol. The Morgan fingerprint density at radius 3 is 2.72 bits per heavy atom. The van der Waals surface area contributed by atoms with Crippen LogP contribution in [0.25, 0.3) is 0 Å². The Labute approximate surface area is 156 Å². The van der Waals surface area contributed by atoms with Crippen LogP contribution in [0.2, 0.25) is 5.02 Å². The van der Waals surface area contributed by atoms with Crippen molar-refractivity contribution < 1.29 is 9.53 Å². The molecule has 2 aromatic rings. The van der Waals surface area contributed by atoms with E-state index in [0.29, 0.717) is 23.7 Å². The monoisotopic (exact) mass is 374 g/mol. The van der Waals surface area contributed by atoms with Gasteiger partial charge in [0.1, 0.15) is 18.1 Å². The summed E-state index contributed by atoms with van der Waals surface area (Å²) in [4.78, 5) is 11.0. The first-order chi connectivity index (χ1) is 12.0. The molecule has 0 spiro atoms. The van der Waals surface area contributed by atoms with E-state index in [1.165, 1.54) is 11.8 Å². The number of carbonyl (C=O) groups excluding carboxylic acids is 1. The molecule has 1 unspecified atom stereocenters. The van der Waals surface area contributed by atoms with Crippen LogP contribution in [0.4, 0.5) is 0 Å². The van der Waals surface area contributed by atoms with Gasteiger partial charge in [0.05, 0.1) is 4.87 Å². The maximum Gasteiger partial charge on any atom is 0.265 e. The highest BCUT2D eigenvalue weighted by atomic mass is 35.5. The molecule has 3 N–H and O–H groups in total. The predicted octanol–water partition coefficient (Wildman–Crippen LogP) is 3.84. The lowest BCUT2D eigenvalue weighted by Gasteiger charge is -2.26. The Morgan fingerprint density at radius 2 is 2.04 bits per heavy atom. The molecule has 4 nitrogen and oxygen atoms in total. The van der Waals surface area contributed by atoms with Crippen molar-refractivity contribution in [3.8, 4) is 5.75 Å². The zero-order valence-electron chi connectivity index (χ0n) is 13.8. The fourth-order valence-corrected chi connectivity index (χ4v) is 3.82. The first kappa shape index (κ1) is 17.7. The molecule has 2 aromatic carbocycles. The van der Waals surface area contributed by atoms with Crippen LogP contribution in [0.1, 0.15) is 18.1 Å². The minimum absolute atomic E-state index is 0.375. The second-order valence-electron chi connectivity index (χ2n) is 6.07. The molecule has 3 rings (SSSR count). The SMILES string of the molecule is CC1(Cc2cc(Cl)ccc2OCc2ccccc2)NC(C(N)=O)=CS1. The van der Waals surface area contributed by atoms with Crippen LogP contribution in [0, 0.1) is 0 Å². The van der Waals surface area contributed by atoms with Crippen LogP contribution in [0.3, 0.4) is 0 Å². The third-order valence-electron chi connectivity index (χ3n) is 3.89. The van der Waals surface area contributed by atoms with Crippen molar-refractivity contribution >= 4 is 29.3 Å².